The lowest BCUT2D eigenvalue weighted by Gasteiger charge is -2.30. The van der Waals surface area contributed by atoms with Crippen molar-refractivity contribution in [1.82, 2.24) is 10.1 Å². The molecule has 1 fully saturated rings. The lowest BCUT2D eigenvalue weighted by Crippen LogP contribution is -2.50. The summed E-state index contributed by atoms with van der Waals surface area (Å²) in [7, 11) is 0. The SMILES string of the molecule is Cc1cccc(OC[C@]2(O)COCCN(C(=O)c3conc3C)C2)c1. The van der Waals surface area contributed by atoms with Crippen LogP contribution in [0.15, 0.2) is 35.1 Å². The molecule has 0 saturated carbocycles. The fourth-order valence-corrected chi connectivity index (χ4v) is 2.77. The highest BCUT2D eigenvalue weighted by atomic mass is 16.5. The number of β-amino-alcohol motifs (C(OH)–C–C–N with tert-alkyl or cyclic N) is 1. The van der Waals surface area contributed by atoms with Gasteiger partial charge in [-0.05, 0) is 31.5 Å². The molecule has 0 aliphatic carbocycles. The van der Waals surface area contributed by atoms with Crippen molar-refractivity contribution < 1.29 is 23.9 Å². The van der Waals surface area contributed by atoms with E-state index in [4.69, 9.17) is 14.0 Å². The predicted octanol–water partition coefficient (Wildman–Crippen LogP) is 1.57. The minimum absolute atomic E-state index is 0.0306. The van der Waals surface area contributed by atoms with E-state index in [1.165, 1.54) is 6.26 Å². The van der Waals surface area contributed by atoms with Crippen molar-refractivity contribution in [3.05, 3.63) is 47.3 Å². The number of aromatic nitrogens is 1. The summed E-state index contributed by atoms with van der Waals surface area (Å²) in [6, 6.07) is 7.59. The standard InChI is InChI=1S/C18H22N2O5/c1-13-4-3-5-15(8-13)24-12-18(22)10-20(6-7-23-11-18)17(21)16-9-25-19-14(16)2/h3-5,8-9,22H,6-7,10-12H2,1-2H3/t18-/m1/s1. The van der Waals surface area contributed by atoms with Gasteiger partial charge in [-0.2, -0.15) is 0 Å². The van der Waals surface area contributed by atoms with Crippen LogP contribution in [0.5, 0.6) is 5.75 Å². The van der Waals surface area contributed by atoms with Crippen LogP contribution in [0.25, 0.3) is 0 Å². The molecule has 7 heteroatoms. The Morgan fingerprint density at radius 2 is 2.28 bits per heavy atom. The van der Waals surface area contributed by atoms with E-state index in [0.717, 1.165) is 5.56 Å². The number of hydrogen-bond acceptors (Lipinski definition) is 6. The van der Waals surface area contributed by atoms with Crippen LogP contribution in [0.1, 0.15) is 21.6 Å². The fourth-order valence-electron chi connectivity index (χ4n) is 2.77. The first-order chi connectivity index (χ1) is 12.0. The third-order valence-corrected chi connectivity index (χ3v) is 4.13. The Hall–Kier alpha value is -2.38. The van der Waals surface area contributed by atoms with Crippen LogP contribution in [-0.4, -0.2) is 59.6 Å². The Balaban J connectivity index is 1.70. The summed E-state index contributed by atoms with van der Waals surface area (Å²) in [6.07, 6.45) is 1.33. The molecule has 1 amide bonds. The van der Waals surface area contributed by atoms with E-state index in [-0.39, 0.29) is 25.7 Å². The van der Waals surface area contributed by atoms with Crippen molar-refractivity contribution in [1.29, 1.82) is 0 Å². The first-order valence-electron chi connectivity index (χ1n) is 8.17. The van der Waals surface area contributed by atoms with Gasteiger partial charge in [-0.3, -0.25) is 4.79 Å². The summed E-state index contributed by atoms with van der Waals surface area (Å²) in [6.45, 7) is 4.66. The van der Waals surface area contributed by atoms with Crippen molar-refractivity contribution in [2.24, 2.45) is 0 Å². The van der Waals surface area contributed by atoms with Crippen molar-refractivity contribution in [2.45, 2.75) is 19.4 Å². The molecule has 1 saturated heterocycles. The maximum atomic E-state index is 12.7. The van der Waals surface area contributed by atoms with Gasteiger partial charge >= 0.3 is 0 Å². The molecule has 0 radical (unpaired) electrons. The van der Waals surface area contributed by atoms with Gasteiger partial charge in [0, 0.05) is 6.54 Å². The highest BCUT2D eigenvalue weighted by Gasteiger charge is 2.36. The molecule has 3 rings (SSSR count). The predicted molar refractivity (Wildman–Crippen MR) is 89.6 cm³/mol. The van der Waals surface area contributed by atoms with Crippen molar-refractivity contribution in [3.8, 4) is 5.75 Å². The molecule has 134 valence electrons. The molecule has 0 unspecified atom stereocenters. The smallest absolute Gasteiger partial charge is 0.259 e. The third-order valence-electron chi connectivity index (χ3n) is 4.13. The maximum absolute atomic E-state index is 12.7. The van der Waals surface area contributed by atoms with Crippen LogP contribution in [0, 0.1) is 13.8 Å². The van der Waals surface area contributed by atoms with E-state index in [9.17, 15) is 9.90 Å². The highest BCUT2D eigenvalue weighted by Crippen LogP contribution is 2.19. The second-order valence-corrected chi connectivity index (χ2v) is 6.42. The second-order valence-electron chi connectivity index (χ2n) is 6.42. The van der Waals surface area contributed by atoms with E-state index in [2.05, 4.69) is 5.16 Å². The summed E-state index contributed by atoms with van der Waals surface area (Å²) >= 11 is 0. The average molecular weight is 346 g/mol. The third kappa shape index (κ3) is 4.18. The molecule has 25 heavy (non-hydrogen) atoms. The first kappa shape index (κ1) is 17.4. The minimum atomic E-state index is -1.29. The van der Waals surface area contributed by atoms with E-state index < -0.39 is 5.60 Å². The zero-order chi connectivity index (χ0) is 17.9. The maximum Gasteiger partial charge on any atom is 0.259 e. The summed E-state index contributed by atoms with van der Waals surface area (Å²) in [5.41, 5.74) is 0.695. The molecule has 7 nitrogen and oxygen atoms in total. The number of hydrogen-bond donors (Lipinski definition) is 1. The van der Waals surface area contributed by atoms with E-state index in [1.54, 1.807) is 11.8 Å². The quantitative estimate of drug-likeness (QED) is 0.905. The van der Waals surface area contributed by atoms with Crippen LogP contribution < -0.4 is 4.74 Å². The number of benzene rings is 1. The number of carbonyl (C=O) groups excluding carboxylic acids is 1. The number of aryl methyl sites for hydroxylation is 2. The Morgan fingerprint density at radius 3 is 3.00 bits per heavy atom. The van der Waals surface area contributed by atoms with Crippen LogP contribution in [0.2, 0.25) is 0 Å². The van der Waals surface area contributed by atoms with Crippen LogP contribution >= 0.6 is 0 Å². The number of nitrogens with zero attached hydrogens (tertiary/aromatic N) is 2. The molecular formula is C18H22N2O5. The largest absolute Gasteiger partial charge is 0.490 e. The van der Waals surface area contributed by atoms with Gasteiger partial charge in [0.1, 0.15) is 29.8 Å². The molecule has 1 aliphatic rings. The molecule has 1 aromatic carbocycles. The number of rotatable bonds is 4. The molecular weight excluding hydrogens is 324 g/mol. The van der Waals surface area contributed by atoms with Gasteiger partial charge in [0.15, 0.2) is 0 Å². The summed E-state index contributed by atoms with van der Waals surface area (Å²) in [5.74, 6) is 0.434. The molecule has 1 aromatic heterocycles. The first-order valence-corrected chi connectivity index (χ1v) is 8.17. The normalized spacial score (nSPS) is 21.0. The number of carbonyl (C=O) groups is 1. The summed E-state index contributed by atoms with van der Waals surface area (Å²) in [4.78, 5) is 14.2. The van der Waals surface area contributed by atoms with Crippen molar-refractivity contribution in [2.75, 3.05) is 32.9 Å². The summed E-state index contributed by atoms with van der Waals surface area (Å²) < 4.78 is 16.1. The average Bonchev–Trinajstić information content (AvgIpc) is 2.91. The molecule has 2 aromatic rings. The zero-order valence-corrected chi connectivity index (χ0v) is 14.4. The lowest BCUT2D eigenvalue weighted by atomic mass is 10.1. The van der Waals surface area contributed by atoms with Gasteiger partial charge in [0.05, 0.1) is 25.5 Å². The Kier molecular flexibility index (Phi) is 5.06. The molecule has 2 heterocycles. The van der Waals surface area contributed by atoms with Gasteiger partial charge in [-0.15, -0.1) is 0 Å². The van der Waals surface area contributed by atoms with E-state index >= 15 is 0 Å². The second kappa shape index (κ2) is 7.25. The topological polar surface area (TPSA) is 85.0 Å². The van der Waals surface area contributed by atoms with Gasteiger partial charge in [-0.25, -0.2) is 0 Å². The van der Waals surface area contributed by atoms with Gasteiger partial charge in [0.25, 0.3) is 5.91 Å². The highest BCUT2D eigenvalue weighted by molar-refractivity contribution is 5.94. The number of ether oxygens (including phenoxy) is 2. The monoisotopic (exact) mass is 346 g/mol. The minimum Gasteiger partial charge on any atom is -0.490 e. The van der Waals surface area contributed by atoms with E-state index in [1.807, 2.05) is 31.2 Å². The number of amides is 1. The van der Waals surface area contributed by atoms with Gasteiger partial charge in [0.2, 0.25) is 0 Å². The fraction of sp³-hybridized carbons (Fsp3) is 0.444. The molecule has 1 N–H and O–H groups in total. The zero-order valence-electron chi connectivity index (χ0n) is 14.4. The summed E-state index contributed by atoms with van der Waals surface area (Å²) in [5, 5.41) is 14.6. The lowest BCUT2D eigenvalue weighted by molar-refractivity contribution is -0.0621. The molecule has 1 aliphatic heterocycles. The molecule has 0 spiro atoms. The van der Waals surface area contributed by atoms with Crippen LogP contribution in [0.3, 0.4) is 0 Å². The van der Waals surface area contributed by atoms with E-state index in [0.29, 0.717) is 30.2 Å². The van der Waals surface area contributed by atoms with Crippen LogP contribution in [0.4, 0.5) is 0 Å². The van der Waals surface area contributed by atoms with Crippen molar-refractivity contribution >= 4 is 5.91 Å². The Bertz CT molecular complexity index is 745. The van der Waals surface area contributed by atoms with Crippen molar-refractivity contribution in [3.63, 3.8) is 0 Å². The van der Waals surface area contributed by atoms with Gasteiger partial charge in [-0.1, -0.05) is 17.3 Å². The molecule has 0 bridgehead atoms. The van der Waals surface area contributed by atoms with Gasteiger partial charge < -0.3 is 24.0 Å². The van der Waals surface area contributed by atoms with Crippen LogP contribution in [-0.2, 0) is 4.74 Å². The Morgan fingerprint density at radius 1 is 1.44 bits per heavy atom. The number of aliphatic hydroxyl groups is 1. The molecule has 1 atom stereocenters. The Labute approximate surface area is 146 Å².